The Morgan fingerprint density at radius 3 is 2.84 bits per heavy atom. The second-order valence-electron chi connectivity index (χ2n) is 7.51. The molecule has 0 saturated carbocycles. The Morgan fingerprint density at radius 1 is 1.29 bits per heavy atom. The van der Waals surface area contributed by atoms with Crippen LogP contribution in [-0.4, -0.2) is 40.6 Å². The zero-order valence-electron chi connectivity index (χ0n) is 17.7. The molecule has 1 aliphatic heterocycles. The van der Waals surface area contributed by atoms with Crippen molar-refractivity contribution >= 4 is 39.1 Å². The molecule has 2 amide bonds. The van der Waals surface area contributed by atoms with Crippen LogP contribution in [0.5, 0.6) is 5.75 Å². The maximum atomic E-state index is 13.2. The lowest BCUT2D eigenvalue weighted by atomic mass is 10.1. The van der Waals surface area contributed by atoms with Gasteiger partial charge in [-0.25, -0.2) is 4.98 Å². The molecule has 0 radical (unpaired) electrons. The molecule has 31 heavy (non-hydrogen) atoms. The first-order valence-electron chi connectivity index (χ1n) is 10.2. The van der Waals surface area contributed by atoms with Crippen LogP contribution in [0.1, 0.15) is 23.8 Å². The van der Waals surface area contributed by atoms with E-state index in [9.17, 15) is 14.4 Å². The number of fused-ring (bicyclic) bond motifs is 2. The summed E-state index contributed by atoms with van der Waals surface area (Å²) in [6.07, 6.45) is 1.40. The molecule has 9 heteroatoms. The highest BCUT2D eigenvalue weighted by atomic mass is 32.1. The maximum Gasteiger partial charge on any atom is 0.262 e. The highest BCUT2D eigenvalue weighted by molar-refractivity contribution is 7.18. The third kappa shape index (κ3) is 3.93. The van der Waals surface area contributed by atoms with Gasteiger partial charge >= 0.3 is 0 Å². The van der Waals surface area contributed by atoms with Gasteiger partial charge < -0.3 is 15.0 Å². The van der Waals surface area contributed by atoms with Crippen molar-refractivity contribution in [2.45, 2.75) is 39.8 Å². The molecule has 1 N–H and O–H groups in total. The van der Waals surface area contributed by atoms with Gasteiger partial charge in [-0.1, -0.05) is 19.1 Å². The van der Waals surface area contributed by atoms with Gasteiger partial charge in [-0.05, 0) is 38.0 Å². The molecule has 0 fully saturated rings. The van der Waals surface area contributed by atoms with Gasteiger partial charge in [0.25, 0.3) is 11.5 Å². The Morgan fingerprint density at radius 2 is 2.06 bits per heavy atom. The predicted molar refractivity (Wildman–Crippen MR) is 120 cm³/mol. The molecule has 0 saturated heterocycles. The lowest BCUT2D eigenvalue weighted by Crippen LogP contribution is -2.51. The number of rotatable bonds is 5. The Hall–Kier alpha value is -3.20. The summed E-state index contributed by atoms with van der Waals surface area (Å²) in [7, 11) is 0. The van der Waals surface area contributed by atoms with Gasteiger partial charge in [0, 0.05) is 11.4 Å². The number of hydrogen-bond acceptors (Lipinski definition) is 6. The van der Waals surface area contributed by atoms with Crippen molar-refractivity contribution in [2.75, 3.05) is 18.0 Å². The van der Waals surface area contributed by atoms with Gasteiger partial charge in [-0.15, -0.1) is 11.3 Å². The standard InChI is InChI=1S/C22H24N4O4S/c1-4-9-23-20(28)17-10-26(15-7-5-6-8-16(15)30-17)18(27)11-25-12-24-21-19(22(25)29)13(2)14(3)31-21/h5-8,12,17H,4,9-11H2,1-3H3,(H,23,28). The average molecular weight is 441 g/mol. The second kappa shape index (κ2) is 8.50. The summed E-state index contributed by atoms with van der Waals surface area (Å²) in [5, 5.41) is 3.37. The van der Waals surface area contributed by atoms with Gasteiger partial charge in [0.2, 0.25) is 5.91 Å². The quantitative estimate of drug-likeness (QED) is 0.658. The number of aromatic nitrogens is 2. The minimum atomic E-state index is -0.815. The highest BCUT2D eigenvalue weighted by Crippen LogP contribution is 2.33. The summed E-state index contributed by atoms with van der Waals surface area (Å²) in [4.78, 5) is 46.3. The first-order chi connectivity index (χ1) is 14.9. The second-order valence-corrected chi connectivity index (χ2v) is 8.71. The van der Waals surface area contributed by atoms with Crippen LogP contribution in [0.15, 0.2) is 35.4 Å². The molecule has 1 aliphatic rings. The molecule has 3 heterocycles. The van der Waals surface area contributed by atoms with Gasteiger partial charge in [-0.2, -0.15) is 0 Å². The number of carbonyl (C=O) groups excluding carboxylic acids is 2. The van der Waals surface area contributed by atoms with Crippen molar-refractivity contribution in [1.82, 2.24) is 14.9 Å². The lowest BCUT2D eigenvalue weighted by Gasteiger charge is -2.34. The van der Waals surface area contributed by atoms with Crippen LogP contribution < -0.4 is 20.5 Å². The van der Waals surface area contributed by atoms with E-state index in [4.69, 9.17) is 4.74 Å². The third-order valence-electron chi connectivity index (χ3n) is 5.38. The van der Waals surface area contributed by atoms with Crippen LogP contribution in [0.2, 0.25) is 0 Å². The highest BCUT2D eigenvalue weighted by Gasteiger charge is 2.33. The molecule has 1 unspecified atom stereocenters. The molecule has 2 aromatic heterocycles. The molecule has 1 aromatic carbocycles. The van der Waals surface area contributed by atoms with E-state index in [1.54, 1.807) is 24.3 Å². The van der Waals surface area contributed by atoms with E-state index >= 15 is 0 Å². The summed E-state index contributed by atoms with van der Waals surface area (Å²) < 4.78 is 7.16. The number of amides is 2. The molecule has 1 atom stereocenters. The van der Waals surface area contributed by atoms with Crippen molar-refractivity contribution in [2.24, 2.45) is 0 Å². The molecule has 0 spiro atoms. The minimum absolute atomic E-state index is 0.0758. The van der Waals surface area contributed by atoms with Crippen LogP contribution in [-0.2, 0) is 16.1 Å². The molecule has 8 nitrogen and oxygen atoms in total. The van der Waals surface area contributed by atoms with Crippen molar-refractivity contribution < 1.29 is 14.3 Å². The van der Waals surface area contributed by atoms with E-state index in [1.165, 1.54) is 27.1 Å². The Balaban J connectivity index is 1.63. The lowest BCUT2D eigenvalue weighted by molar-refractivity contribution is -0.128. The van der Waals surface area contributed by atoms with Gasteiger partial charge in [0.15, 0.2) is 6.10 Å². The Kier molecular flexibility index (Phi) is 5.77. The summed E-state index contributed by atoms with van der Waals surface area (Å²) in [6.45, 7) is 6.24. The molecule has 3 aromatic rings. The van der Waals surface area contributed by atoms with Crippen LogP contribution >= 0.6 is 11.3 Å². The number of anilines is 1. The van der Waals surface area contributed by atoms with Crippen molar-refractivity contribution in [3.05, 3.63) is 51.4 Å². The molecular weight excluding hydrogens is 416 g/mol. The fourth-order valence-electron chi connectivity index (χ4n) is 3.58. The van der Waals surface area contributed by atoms with Crippen LogP contribution in [0.4, 0.5) is 5.69 Å². The van der Waals surface area contributed by atoms with Crippen molar-refractivity contribution in [3.63, 3.8) is 0 Å². The Labute approximate surface area is 183 Å². The van der Waals surface area contributed by atoms with E-state index in [1.807, 2.05) is 20.8 Å². The monoisotopic (exact) mass is 440 g/mol. The summed E-state index contributed by atoms with van der Waals surface area (Å²) >= 11 is 1.47. The molecule has 4 rings (SSSR count). The zero-order valence-corrected chi connectivity index (χ0v) is 18.5. The molecular formula is C22H24N4O4S. The molecule has 162 valence electrons. The van der Waals surface area contributed by atoms with Crippen molar-refractivity contribution in [3.8, 4) is 5.75 Å². The van der Waals surface area contributed by atoms with Crippen molar-refractivity contribution in [1.29, 1.82) is 0 Å². The van der Waals surface area contributed by atoms with E-state index in [0.29, 0.717) is 28.2 Å². The number of aryl methyl sites for hydroxylation is 2. The van der Waals surface area contributed by atoms with Gasteiger partial charge in [-0.3, -0.25) is 19.0 Å². The molecule has 0 bridgehead atoms. The first-order valence-corrected chi connectivity index (χ1v) is 11.0. The molecule has 0 aliphatic carbocycles. The topological polar surface area (TPSA) is 93.5 Å². The third-order valence-corrected chi connectivity index (χ3v) is 6.49. The number of ether oxygens (including phenoxy) is 1. The number of thiophene rings is 1. The number of benzene rings is 1. The zero-order chi connectivity index (χ0) is 22.1. The predicted octanol–water partition coefficient (Wildman–Crippen LogP) is 2.40. The number of nitrogens with one attached hydrogen (secondary N) is 1. The fourth-order valence-corrected chi connectivity index (χ4v) is 4.57. The number of hydrogen-bond donors (Lipinski definition) is 1. The van der Waals surface area contributed by atoms with Gasteiger partial charge in [0.1, 0.15) is 17.1 Å². The SMILES string of the molecule is CCCNC(=O)C1CN(C(=O)Cn2cnc3sc(C)c(C)c3c2=O)c2ccccc2O1. The van der Waals surface area contributed by atoms with E-state index < -0.39 is 6.10 Å². The van der Waals surface area contributed by atoms with Crippen LogP contribution in [0.25, 0.3) is 10.2 Å². The summed E-state index contributed by atoms with van der Waals surface area (Å²) in [6, 6.07) is 7.09. The smallest absolute Gasteiger partial charge is 0.262 e. The summed E-state index contributed by atoms with van der Waals surface area (Å²) in [5.41, 5.74) is 1.24. The minimum Gasteiger partial charge on any atom is -0.477 e. The van der Waals surface area contributed by atoms with Crippen LogP contribution in [0, 0.1) is 13.8 Å². The van der Waals surface area contributed by atoms with Gasteiger partial charge in [0.05, 0.1) is 23.9 Å². The number of carbonyl (C=O) groups is 2. The number of nitrogens with zero attached hydrogens (tertiary/aromatic N) is 3. The van der Waals surface area contributed by atoms with E-state index in [0.717, 1.165) is 16.9 Å². The maximum absolute atomic E-state index is 13.2. The summed E-state index contributed by atoms with van der Waals surface area (Å²) in [5.74, 6) is -0.111. The fraction of sp³-hybridized carbons (Fsp3) is 0.364. The largest absolute Gasteiger partial charge is 0.477 e. The number of para-hydroxylation sites is 2. The average Bonchev–Trinajstić information content (AvgIpc) is 3.07. The Bertz CT molecular complexity index is 1220. The van der Waals surface area contributed by atoms with E-state index in [-0.39, 0.29) is 30.5 Å². The first kappa shape index (κ1) is 21.0. The normalized spacial score (nSPS) is 15.5. The van der Waals surface area contributed by atoms with Crippen LogP contribution in [0.3, 0.4) is 0 Å². The van der Waals surface area contributed by atoms with E-state index in [2.05, 4.69) is 10.3 Å².